The molecule has 0 aromatic carbocycles. The summed E-state index contributed by atoms with van der Waals surface area (Å²) < 4.78 is 9.52. The third-order valence-corrected chi connectivity index (χ3v) is 1.82. The van der Waals surface area contributed by atoms with Gasteiger partial charge >= 0.3 is 5.97 Å². The Kier molecular flexibility index (Phi) is 7.75. The highest BCUT2D eigenvalue weighted by molar-refractivity contribution is 14.2. The fourth-order valence-electron chi connectivity index (χ4n) is 0.508. The first-order valence-electron chi connectivity index (χ1n) is 3.23. The Hall–Kier alpha value is 0.0700. The van der Waals surface area contributed by atoms with E-state index in [2.05, 4.69) is 11.2 Å². The van der Waals surface area contributed by atoms with Crippen LogP contribution in [0, 0.1) is 11.2 Å². The first-order chi connectivity index (χ1) is 5.76. The van der Waals surface area contributed by atoms with Gasteiger partial charge in [-0.25, -0.2) is 4.79 Å². The fourth-order valence-corrected chi connectivity index (χ4v) is 1.04. The van der Waals surface area contributed by atoms with Crippen LogP contribution < -0.4 is 0 Å². The number of hydrogen-bond acceptors (Lipinski definition) is 4. The Morgan fingerprint density at radius 2 is 2.42 bits per heavy atom. The zero-order valence-electron chi connectivity index (χ0n) is 6.80. The number of rotatable bonds is 3. The first kappa shape index (κ1) is 12.1. The predicted octanol–water partition coefficient (Wildman–Crippen LogP) is 1.61. The summed E-state index contributed by atoms with van der Waals surface area (Å²) in [5, 5.41) is 2.67. The highest BCUT2D eigenvalue weighted by Crippen LogP contribution is 2.07. The van der Waals surface area contributed by atoms with Gasteiger partial charge in [0.2, 0.25) is 6.10 Å². The lowest BCUT2D eigenvalue weighted by molar-refractivity contribution is -0.151. The van der Waals surface area contributed by atoms with E-state index in [0.717, 1.165) is 0 Å². The monoisotopic (exact) mass is 300 g/mol. The quantitative estimate of drug-likeness (QED) is 0.451. The second-order valence-electron chi connectivity index (χ2n) is 1.69. The highest BCUT2D eigenvalue weighted by Gasteiger charge is 2.15. The van der Waals surface area contributed by atoms with Crippen LogP contribution in [-0.4, -0.2) is 25.8 Å². The molecule has 0 radical (unpaired) electrons. The average molecular weight is 300 g/mol. The van der Waals surface area contributed by atoms with Gasteiger partial charge in [0, 0.05) is 28.3 Å². The molecule has 5 heteroatoms. The molecule has 0 fully saturated rings. The van der Waals surface area contributed by atoms with Crippen molar-refractivity contribution in [1.29, 1.82) is 0 Å². The minimum absolute atomic E-state index is 0.345. The molecule has 0 spiro atoms. The number of hydrogen-bond donors (Lipinski definition) is 0. The Morgan fingerprint density at radius 1 is 1.75 bits per heavy atom. The van der Waals surface area contributed by atoms with Crippen molar-refractivity contribution >= 4 is 36.1 Å². The smallest absolute Gasteiger partial charge is 0.347 e. The molecule has 0 bridgehead atoms. The van der Waals surface area contributed by atoms with E-state index in [9.17, 15) is 4.79 Å². The molecule has 1 unspecified atom stereocenters. The molecule has 0 heterocycles. The summed E-state index contributed by atoms with van der Waals surface area (Å²) in [5.74, 6) is 2.18. The summed E-state index contributed by atoms with van der Waals surface area (Å²) in [5.41, 5.74) is 0. The summed E-state index contributed by atoms with van der Waals surface area (Å²) >= 11 is 2.02. The van der Waals surface area contributed by atoms with E-state index in [1.807, 2.05) is 21.2 Å². The van der Waals surface area contributed by atoms with Gasteiger partial charge in [0.15, 0.2) is 0 Å². The van der Waals surface area contributed by atoms with Gasteiger partial charge in [-0.2, -0.15) is 0 Å². The number of ether oxygens (including phenoxy) is 2. The van der Waals surface area contributed by atoms with Gasteiger partial charge in [-0.05, 0) is 27.0 Å². The summed E-state index contributed by atoms with van der Waals surface area (Å²) in [4.78, 5) is 11.0. The molecule has 68 valence electrons. The topological polar surface area (TPSA) is 35.5 Å². The van der Waals surface area contributed by atoms with Crippen molar-refractivity contribution < 1.29 is 14.3 Å². The van der Waals surface area contributed by atoms with Crippen LogP contribution in [0.15, 0.2) is 0 Å². The number of carbonyl (C=O) groups is 1. The van der Waals surface area contributed by atoms with Gasteiger partial charge < -0.3 is 9.47 Å². The van der Waals surface area contributed by atoms with Crippen LogP contribution >= 0.6 is 30.1 Å². The minimum Gasteiger partial charge on any atom is -0.463 e. The molecule has 0 saturated carbocycles. The summed E-state index contributed by atoms with van der Waals surface area (Å²) in [6.07, 6.45) is -0.757. The third-order valence-electron chi connectivity index (χ3n) is 0.965. The van der Waals surface area contributed by atoms with Crippen molar-refractivity contribution in [1.82, 2.24) is 0 Å². The van der Waals surface area contributed by atoms with Crippen LogP contribution in [0.25, 0.3) is 0 Å². The third kappa shape index (κ3) is 4.85. The lowest BCUT2D eigenvalue weighted by atomic mass is 10.4. The molecular formula is C7H9IO3S. The molecule has 3 nitrogen and oxygen atoms in total. The van der Waals surface area contributed by atoms with E-state index in [1.165, 1.54) is 16.0 Å². The molecule has 0 aliphatic carbocycles. The van der Waals surface area contributed by atoms with Crippen LogP contribution in [0.1, 0.15) is 6.92 Å². The Labute approximate surface area is 88.1 Å². The van der Waals surface area contributed by atoms with Gasteiger partial charge in [-0.3, -0.25) is 0 Å². The molecule has 0 N–H and O–H groups in total. The second kappa shape index (κ2) is 7.71. The fraction of sp³-hybridized carbons (Fsp3) is 0.571. The molecule has 1 atom stereocenters. The largest absolute Gasteiger partial charge is 0.463 e. The van der Waals surface area contributed by atoms with Gasteiger partial charge in [-0.1, -0.05) is 0 Å². The first-order valence-corrected chi connectivity index (χ1v) is 6.59. The maximum Gasteiger partial charge on any atom is 0.347 e. The maximum absolute atomic E-state index is 11.0. The zero-order chi connectivity index (χ0) is 9.40. The molecule has 0 aromatic heterocycles. The maximum atomic E-state index is 11.0. The van der Waals surface area contributed by atoms with Crippen LogP contribution in [0.2, 0.25) is 0 Å². The number of esters is 1. The lowest BCUT2D eigenvalue weighted by Gasteiger charge is -2.06. The van der Waals surface area contributed by atoms with Gasteiger partial charge in [0.25, 0.3) is 0 Å². The van der Waals surface area contributed by atoms with Gasteiger partial charge in [0.1, 0.15) is 0 Å². The molecule has 0 saturated heterocycles. The summed E-state index contributed by atoms with van der Waals surface area (Å²) in [7, 11) is 2.73. The van der Waals surface area contributed by atoms with Crippen LogP contribution in [0.4, 0.5) is 0 Å². The number of methoxy groups -OCH3 is 1. The zero-order valence-corrected chi connectivity index (χ0v) is 9.77. The van der Waals surface area contributed by atoms with Crippen molar-refractivity contribution in [2.24, 2.45) is 0 Å². The second-order valence-corrected chi connectivity index (χ2v) is 3.37. The van der Waals surface area contributed by atoms with E-state index in [0.29, 0.717) is 6.61 Å². The van der Waals surface area contributed by atoms with Gasteiger partial charge in [-0.15, -0.1) is 0 Å². The van der Waals surface area contributed by atoms with Crippen molar-refractivity contribution in [3.05, 3.63) is 0 Å². The molecule has 0 amide bonds. The standard InChI is InChI=1S/C7H9IO3S/c1-3-11-7(9)6(10-2)4-5-12-8/h6H,3H2,1-2H3. The number of carbonyl (C=O) groups excluding carboxylic acids is 1. The normalized spacial score (nSPS) is 11.2. The summed E-state index contributed by atoms with van der Waals surface area (Å²) in [6, 6.07) is 0. The molecule has 0 aliphatic rings. The van der Waals surface area contributed by atoms with E-state index >= 15 is 0 Å². The Morgan fingerprint density at radius 3 is 2.83 bits per heavy atom. The van der Waals surface area contributed by atoms with Gasteiger partial charge in [0.05, 0.1) is 6.61 Å². The van der Waals surface area contributed by atoms with Crippen molar-refractivity contribution in [2.75, 3.05) is 13.7 Å². The van der Waals surface area contributed by atoms with Crippen molar-refractivity contribution in [3.63, 3.8) is 0 Å². The SMILES string of the molecule is CCOC(=O)C(C#CSI)OC. The van der Waals surface area contributed by atoms with Crippen molar-refractivity contribution in [2.45, 2.75) is 13.0 Å². The van der Waals surface area contributed by atoms with E-state index < -0.39 is 12.1 Å². The highest BCUT2D eigenvalue weighted by atomic mass is 127. The summed E-state index contributed by atoms with van der Waals surface area (Å²) in [6.45, 7) is 2.09. The van der Waals surface area contributed by atoms with E-state index in [1.54, 1.807) is 6.92 Å². The number of halogens is 1. The average Bonchev–Trinajstić information content (AvgIpc) is 2.06. The van der Waals surface area contributed by atoms with Crippen LogP contribution in [0.3, 0.4) is 0 Å². The molecular weight excluding hydrogens is 291 g/mol. The lowest BCUT2D eigenvalue weighted by Crippen LogP contribution is -2.23. The van der Waals surface area contributed by atoms with E-state index in [4.69, 9.17) is 9.47 Å². The van der Waals surface area contributed by atoms with Crippen molar-refractivity contribution in [3.8, 4) is 11.2 Å². The molecule has 0 aliphatic heterocycles. The predicted molar refractivity (Wildman–Crippen MR) is 56.8 cm³/mol. The molecule has 12 heavy (non-hydrogen) atoms. The van der Waals surface area contributed by atoms with E-state index in [-0.39, 0.29) is 0 Å². The Balaban J connectivity index is 4.05. The Bertz CT molecular complexity index is 197. The minimum atomic E-state index is -0.757. The molecule has 0 rings (SSSR count). The van der Waals surface area contributed by atoms with Crippen LogP contribution in [0.5, 0.6) is 0 Å². The molecule has 0 aromatic rings. The van der Waals surface area contributed by atoms with Crippen LogP contribution in [-0.2, 0) is 14.3 Å².